The van der Waals surface area contributed by atoms with Crippen molar-refractivity contribution >= 4 is 33.5 Å². The van der Waals surface area contributed by atoms with Gasteiger partial charge >= 0.3 is 5.97 Å². The zero-order valence-corrected chi connectivity index (χ0v) is 24.0. The highest BCUT2D eigenvalue weighted by atomic mass is 79.9. The number of carboxylic acids is 1. The number of carboxylic acid groups (broad SMARTS) is 1. The number of nitrogens with zero attached hydrogens (tertiary/aromatic N) is 1. The van der Waals surface area contributed by atoms with Gasteiger partial charge in [0.25, 0.3) is 0 Å². The van der Waals surface area contributed by atoms with Crippen molar-refractivity contribution in [3.8, 4) is 5.75 Å². The quantitative estimate of drug-likeness (QED) is 0.318. The predicted molar refractivity (Wildman–Crippen MR) is 155 cm³/mol. The lowest BCUT2D eigenvalue weighted by atomic mass is 9.89. The number of methoxy groups -OCH3 is 1. The van der Waals surface area contributed by atoms with Gasteiger partial charge in [-0.15, -0.1) is 0 Å². The highest BCUT2D eigenvalue weighted by Crippen LogP contribution is 2.37. The molecule has 0 aromatic heterocycles. The monoisotopic (exact) mass is 578 g/mol. The summed E-state index contributed by atoms with van der Waals surface area (Å²) in [5.74, 6) is -1.02. The molecule has 200 valence electrons. The molecule has 1 heterocycles. The van der Waals surface area contributed by atoms with Crippen molar-refractivity contribution in [2.24, 2.45) is 0 Å². The Morgan fingerprint density at radius 2 is 1.76 bits per heavy atom. The van der Waals surface area contributed by atoms with Crippen molar-refractivity contribution in [1.82, 2.24) is 5.32 Å². The van der Waals surface area contributed by atoms with E-state index in [4.69, 9.17) is 4.74 Å². The van der Waals surface area contributed by atoms with E-state index in [1.54, 1.807) is 6.07 Å². The molecular weight excluding hydrogens is 544 g/mol. The van der Waals surface area contributed by atoms with Gasteiger partial charge in [-0.2, -0.15) is 0 Å². The zero-order chi connectivity index (χ0) is 27.4. The second-order valence-electron chi connectivity index (χ2n) is 10.0. The third kappa shape index (κ3) is 6.04. The van der Waals surface area contributed by atoms with Crippen molar-refractivity contribution in [3.63, 3.8) is 0 Å². The number of aryl methyl sites for hydroxylation is 3. The summed E-state index contributed by atoms with van der Waals surface area (Å²) in [6.07, 6.45) is 3.64. The summed E-state index contributed by atoms with van der Waals surface area (Å²) < 4.78 is 5.84. The maximum absolute atomic E-state index is 13.6. The van der Waals surface area contributed by atoms with Crippen LogP contribution < -0.4 is 15.0 Å². The summed E-state index contributed by atoms with van der Waals surface area (Å²) in [5.41, 5.74) is 7.48. The van der Waals surface area contributed by atoms with Crippen LogP contribution in [0.3, 0.4) is 0 Å². The third-order valence-electron chi connectivity index (χ3n) is 7.28. The number of nitrogens with one attached hydrogen (secondary N) is 1. The number of aromatic carboxylic acids is 1. The van der Waals surface area contributed by atoms with Crippen molar-refractivity contribution in [1.29, 1.82) is 0 Å². The van der Waals surface area contributed by atoms with E-state index in [0.29, 0.717) is 10.0 Å². The number of hydrogen-bond acceptors (Lipinski definition) is 4. The highest BCUT2D eigenvalue weighted by molar-refractivity contribution is 9.10. The van der Waals surface area contributed by atoms with Crippen LogP contribution in [0.25, 0.3) is 0 Å². The number of carbonyl (C=O) groups is 2. The summed E-state index contributed by atoms with van der Waals surface area (Å²) >= 11 is 3.45. The number of amides is 1. The minimum Gasteiger partial charge on any atom is -0.496 e. The van der Waals surface area contributed by atoms with E-state index in [0.717, 1.165) is 48.2 Å². The molecule has 1 fully saturated rings. The second kappa shape index (κ2) is 12.0. The highest BCUT2D eigenvalue weighted by Gasteiger charge is 2.27. The molecule has 1 aliphatic heterocycles. The van der Waals surface area contributed by atoms with Gasteiger partial charge in [0.05, 0.1) is 19.6 Å². The van der Waals surface area contributed by atoms with Crippen molar-refractivity contribution in [2.45, 2.75) is 52.5 Å². The summed E-state index contributed by atoms with van der Waals surface area (Å²) in [7, 11) is 1.43. The van der Waals surface area contributed by atoms with Crippen molar-refractivity contribution in [2.75, 3.05) is 25.1 Å². The Morgan fingerprint density at radius 1 is 1.03 bits per heavy atom. The molecular formula is C31H35BrN2O4. The first-order chi connectivity index (χ1) is 18.2. The smallest absolute Gasteiger partial charge is 0.339 e. The lowest BCUT2D eigenvalue weighted by Gasteiger charge is -2.34. The van der Waals surface area contributed by atoms with Crippen LogP contribution in [0.1, 0.15) is 69.0 Å². The molecule has 6 nitrogen and oxygen atoms in total. The number of piperidine rings is 1. The van der Waals surface area contributed by atoms with Gasteiger partial charge in [0.2, 0.25) is 5.91 Å². The second-order valence-corrected chi connectivity index (χ2v) is 10.9. The minimum absolute atomic E-state index is 0.0442. The summed E-state index contributed by atoms with van der Waals surface area (Å²) in [5, 5.41) is 12.8. The van der Waals surface area contributed by atoms with Crippen LogP contribution in [0, 0.1) is 20.8 Å². The van der Waals surface area contributed by atoms with E-state index in [9.17, 15) is 14.7 Å². The maximum atomic E-state index is 13.6. The number of anilines is 1. The molecule has 1 saturated heterocycles. The Morgan fingerprint density at radius 3 is 2.42 bits per heavy atom. The van der Waals surface area contributed by atoms with Crippen LogP contribution >= 0.6 is 15.9 Å². The predicted octanol–water partition coefficient (Wildman–Crippen LogP) is 6.52. The maximum Gasteiger partial charge on any atom is 0.339 e. The topological polar surface area (TPSA) is 78.9 Å². The SMILES string of the molecule is COc1cc(CC(=O)NC(c2ccc(C)cc2C)c2c(C)cccc2N2CCCCC2)c(Br)cc1C(=O)O. The molecule has 0 saturated carbocycles. The summed E-state index contributed by atoms with van der Waals surface area (Å²) in [6.45, 7) is 8.28. The van der Waals surface area contributed by atoms with E-state index >= 15 is 0 Å². The number of ether oxygens (including phenoxy) is 1. The molecule has 4 rings (SSSR count). The fourth-order valence-corrected chi connectivity index (χ4v) is 5.84. The van der Waals surface area contributed by atoms with Gasteiger partial charge in [-0.3, -0.25) is 4.79 Å². The Bertz CT molecular complexity index is 1350. The number of carbonyl (C=O) groups excluding carboxylic acids is 1. The molecule has 1 amide bonds. The first kappa shape index (κ1) is 27.7. The Kier molecular flexibility index (Phi) is 8.77. The number of hydrogen-bond donors (Lipinski definition) is 2. The van der Waals surface area contributed by atoms with Crippen LogP contribution in [0.5, 0.6) is 5.75 Å². The van der Waals surface area contributed by atoms with Gasteiger partial charge in [0.1, 0.15) is 11.3 Å². The Hall–Kier alpha value is -3.32. The molecule has 0 radical (unpaired) electrons. The van der Waals surface area contributed by atoms with E-state index in [2.05, 4.69) is 83.3 Å². The molecule has 7 heteroatoms. The van der Waals surface area contributed by atoms with Crippen LogP contribution in [-0.2, 0) is 11.2 Å². The molecule has 2 N–H and O–H groups in total. The van der Waals surface area contributed by atoms with Crippen molar-refractivity contribution in [3.05, 3.63) is 91.9 Å². The van der Waals surface area contributed by atoms with Gasteiger partial charge in [-0.25, -0.2) is 4.79 Å². The molecule has 38 heavy (non-hydrogen) atoms. The molecule has 0 bridgehead atoms. The first-order valence-electron chi connectivity index (χ1n) is 13.0. The van der Waals surface area contributed by atoms with Crippen molar-refractivity contribution < 1.29 is 19.4 Å². The minimum atomic E-state index is -1.08. The van der Waals surface area contributed by atoms with Crippen LogP contribution in [-0.4, -0.2) is 37.2 Å². The molecule has 3 aromatic carbocycles. The normalized spacial score (nSPS) is 14.2. The molecule has 0 spiro atoms. The zero-order valence-electron chi connectivity index (χ0n) is 22.4. The van der Waals surface area contributed by atoms with E-state index in [-0.39, 0.29) is 29.7 Å². The van der Waals surface area contributed by atoms with E-state index in [1.807, 2.05) is 0 Å². The lowest BCUT2D eigenvalue weighted by Crippen LogP contribution is -2.35. The fourth-order valence-electron chi connectivity index (χ4n) is 5.36. The third-order valence-corrected chi connectivity index (χ3v) is 8.02. The number of benzene rings is 3. The van der Waals surface area contributed by atoms with E-state index in [1.165, 1.54) is 30.8 Å². The average Bonchev–Trinajstić information content (AvgIpc) is 2.89. The van der Waals surface area contributed by atoms with Crippen LogP contribution in [0.4, 0.5) is 5.69 Å². The average molecular weight is 580 g/mol. The van der Waals surface area contributed by atoms with Gasteiger partial charge < -0.3 is 20.1 Å². The molecule has 1 unspecified atom stereocenters. The first-order valence-corrected chi connectivity index (χ1v) is 13.8. The van der Waals surface area contributed by atoms with Crippen LogP contribution in [0.15, 0.2) is 53.0 Å². The van der Waals surface area contributed by atoms with E-state index < -0.39 is 5.97 Å². The van der Waals surface area contributed by atoms with Gasteiger partial charge in [-0.05, 0) is 80.5 Å². The van der Waals surface area contributed by atoms with Gasteiger partial charge in [-0.1, -0.05) is 51.8 Å². The lowest BCUT2D eigenvalue weighted by molar-refractivity contribution is -0.120. The molecule has 0 aliphatic carbocycles. The summed E-state index contributed by atoms with van der Waals surface area (Å²) in [4.78, 5) is 27.7. The van der Waals surface area contributed by atoms with Gasteiger partial charge in [0.15, 0.2) is 0 Å². The fraction of sp³-hybridized carbons (Fsp3) is 0.355. The summed E-state index contributed by atoms with van der Waals surface area (Å²) in [6, 6.07) is 15.5. The largest absolute Gasteiger partial charge is 0.496 e. The number of rotatable bonds is 8. The molecule has 1 atom stereocenters. The standard InChI is InChI=1S/C31H35BrN2O4/c1-19-11-12-23(21(3)15-19)30(29-20(2)9-8-10-26(29)34-13-6-5-7-14-34)33-28(35)17-22-16-27(38-4)24(31(36)37)18-25(22)32/h8-12,15-16,18,30H,5-7,13-14,17H2,1-4H3,(H,33,35)(H,36,37). The van der Waals surface area contributed by atoms with Gasteiger partial charge in [0, 0.05) is 28.8 Å². The van der Waals surface area contributed by atoms with Crippen LogP contribution in [0.2, 0.25) is 0 Å². The molecule has 3 aromatic rings. The Balaban J connectivity index is 1.74. The number of halogens is 1. The molecule has 1 aliphatic rings. The Labute approximate surface area is 233 Å².